The Labute approximate surface area is 143 Å². The minimum Gasteiger partial charge on any atom is -0.497 e. The first kappa shape index (κ1) is 17.5. The summed E-state index contributed by atoms with van der Waals surface area (Å²) in [5.74, 6) is -0.0815. The van der Waals surface area contributed by atoms with Gasteiger partial charge in [-0.15, -0.1) is 0 Å². The number of carbonyl (C=O) groups excluding carboxylic acids is 1. The Kier molecular flexibility index (Phi) is 5.68. The van der Waals surface area contributed by atoms with E-state index in [1.54, 1.807) is 43.5 Å². The predicted molar refractivity (Wildman–Crippen MR) is 92.0 cm³/mol. The summed E-state index contributed by atoms with van der Waals surface area (Å²) < 4.78 is 5.04. The molecule has 0 bridgehead atoms. The van der Waals surface area contributed by atoms with Gasteiger partial charge in [-0.25, -0.2) is 0 Å². The van der Waals surface area contributed by atoms with E-state index in [2.05, 4.69) is 10.6 Å². The Balaban J connectivity index is 2.13. The topological polar surface area (TPSA) is 117 Å². The van der Waals surface area contributed by atoms with Gasteiger partial charge in [-0.2, -0.15) is 5.26 Å². The predicted octanol–water partition coefficient (Wildman–Crippen LogP) is 3.06. The second-order valence-electron chi connectivity index (χ2n) is 4.77. The second kappa shape index (κ2) is 8.12. The highest BCUT2D eigenvalue weighted by atomic mass is 16.6. The van der Waals surface area contributed by atoms with Crippen LogP contribution in [0.2, 0.25) is 0 Å². The average Bonchev–Trinajstić information content (AvgIpc) is 2.63. The number of hydrogen-bond donors (Lipinski definition) is 2. The highest BCUT2D eigenvalue weighted by molar-refractivity contribution is 6.07. The molecule has 0 saturated carbocycles. The van der Waals surface area contributed by atoms with Crippen molar-refractivity contribution in [1.29, 1.82) is 5.26 Å². The normalized spacial score (nSPS) is 10.5. The Morgan fingerprint density at radius 2 is 1.92 bits per heavy atom. The van der Waals surface area contributed by atoms with Crippen molar-refractivity contribution in [2.75, 3.05) is 17.7 Å². The molecule has 0 spiro atoms. The van der Waals surface area contributed by atoms with Crippen molar-refractivity contribution in [2.24, 2.45) is 0 Å². The molecule has 0 aliphatic heterocycles. The van der Waals surface area contributed by atoms with Gasteiger partial charge in [0.05, 0.1) is 12.0 Å². The van der Waals surface area contributed by atoms with Gasteiger partial charge in [-0.1, -0.05) is 12.1 Å². The fourth-order valence-electron chi connectivity index (χ4n) is 1.92. The van der Waals surface area contributed by atoms with Crippen LogP contribution in [-0.4, -0.2) is 17.9 Å². The molecule has 0 radical (unpaired) electrons. The number of benzene rings is 2. The van der Waals surface area contributed by atoms with Gasteiger partial charge < -0.3 is 15.4 Å². The van der Waals surface area contributed by atoms with Gasteiger partial charge in [-0.3, -0.25) is 14.9 Å². The van der Waals surface area contributed by atoms with Crippen LogP contribution >= 0.6 is 0 Å². The zero-order valence-corrected chi connectivity index (χ0v) is 13.2. The molecule has 2 aromatic carbocycles. The summed E-state index contributed by atoms with van der Waals surface area (Å²) in [6.07, 6.45) is 1.23. The molecule has 0 heterocycles. The molecule has 0 unspecified atom stereocenters. The van der Waals surface area contributed by atoms with Crippen LogP contribution in [0.1, 0.15) is 0 Å². The molecule has 126 valence electrons. The maximum Gasteiger partial charge on any atom is 0.292 e. The lowest BCUT2D eigenvalue weighted by Gasteiger charge is -2.06. The molecule has 0 aliphatic carbocycles. The van der Waals surface area contributed by atoms with Crippen LogP contribution in [0.5, 0.6) is 5.75 Å². The molecule has 25 heavy (non-hydrogen) atoms. The summed E-state index contributed by atoms with van der Waals surface area (Å²) in [5, 5.41) is 25.3. The summed E-state index contributed by atoms with van der Waals surface area (Å²) in [6.45, 7) is 0. The molecule has 0 aromatic heterocycles. The van der Waals surface area contributed by atoms with E-state index in [4.69, 9.17) is 10.00 Å². The number of hydrogen-bond acceptors (Lipinski definition) is 6. The molecule has 2 rings (SSSR count). The first-order valence-corrected chi connectivity index (χ1v) is 7.10. The van der Waals surface area contributed by atoms with Gasteiger partial charge in [-0.05, 0) is 30.3 Å². The first-order valence-electron chi connectivity index (χ1n) is 7.10. The van der Waals surface area contributed by atoms with E-state index in [1.165, 1.54) is 24.4 Å². The lowest BCUT2D eigenvalue weighted by molar-refractivity contribution is -0.383. The van der Waals surface area contributed by atoms with Crippen molar-refractivity contribution in [3.05, 3.63) is 70.4 Å². The summed E-state index contributed by atoms with van der Waals surface area (Å²) >= 11 is 0. The third kappa shape index (κ3) is 4.56. The number of nitriles is 1. The summed E-state index contributed by atoms with van der Waals surface area (Å²) in [5.41, 5.74) is 0.181. The lowest BCUT2D eigenvalue weighted by atomic mass is 10.2. The van der Waals surface area contributed by atoms with Crippen molar-refractivity contribution in [2.45, 2.75) is 0 Å². The minimum atomic E-state index is -0.752. The molecular weight excluding hydrogens is 324 g/mol. The Hall–Kier alpha value is -3.86. The third-order valence-corrected chi connectivity index (χ3v) is 3.19. The van der Waals surface area contributed by atoms with Crippen molar-refractivity contribution < 1.29 is 14.5 Å². The van der Waals surface area contributed by atoms with Gasteiger partial charge >= 0.3 is 0 Å². The van der Waals surface area contributed by atoms with E-state index >= 15 is 0 Å². The monoisotopic (exact) mass is 338 g/mol. The highest BCUT2D eigenvalue weighted by Gasteiger charge is 2.17. The highest BCUT2D eigenvalue weighted by Crippen LogP contribution is 2.23. The van der Waals surface area contributed by atoms with Crippen LogP contribution in [0.15, 0.2) is 60.3 Å². The van der Waals surface area contributed by atoms with E-state index in [-0.39, 0.29) is 16.9 Å². The molecule has 8 heteroatoms. The minimum absolute atomic E-state index is 0.0168. The quantitative estimate of drug-likeness (QED) is 0.362. The number of nitro benzene ring substituents is 1. The van der Waals surface area contributed by atoms with E-state index in [0.717, 1.165) is 0 Å². The molecule has 0 saturated heterocycles. The summed E-state index contributed by atoms with van der Waals surface area (Å²) in [4.78, 5) is 22.5. The van der Waals surface area contributed by atoms with Gasteiger partial charge in [0.2, 0.25) is 0 Å². The van der Waals surface area contributed by atoms with Gasteiger partial charge in [0.1, 0.15) is 23.1 Å². The van der Waals surface area contributed by atoms with Crippen molar-refractivity contribution in [3.63, 3.8) is 0 Å². The van der Waals surface area contributed by atoms with Gasteiger partial charge in [0, 0.05) is 18.0 Å². The lowest BCUT2D eigenvalue weighted by Crippen LogP contribution is -2.15. The third-order valence-electron chi connectivity index (χ3n) is 3.19. The van der Waals surface area contributed by atoms with E-state index < -0.39 is 10.8 Å². The van der Waals surface area contributed by atoms with E-state index in [0.29, 0.717) is 11.4 Å². The standard InChI is InChI=1S/C17H14N4O4/c1-25-14-8-6-13(7-9-14)19-11-12(10-18)17(22)20-15-4-2-3-5-16(15)21(23)24/h2-9,11,19H,1H3,(H,20,22)/b12-11-. The number of nitro groups is 1. The summed E-state index contributed by atoms with van der Waals surface area (Å²) in [7, 11) is 1.54. The van der Waals surface area contributed by atoms with Crippen LogP contribution < -0.4 is 15.4 Å². The van der Waals surface area contributed by atoms with E-state index in [1.807, 2.05) is 0 Å². The van der Waals surface area contributed by atoms with Crippen molar-refractivity contribution in [3.8, 4) is 11.8 Å². The summed E-state index contributed by atoms with van der Waals surface area (Å²) in [6, 6.07) is 14.3. The number of para-hydroxylation sites is 2. The number of anilines is 2. The number of nitrogens with one attached hydrogen (secondary N) is 2. The van der Waals surface area contributed by atoms with Crippen molar-refractivity contribution >= 4 is 23.0 Å². The fourth-order valence-corrected chi connectivity index (χ4v) is 1.92. The number of carbonyl (C=O) groups is 1. The number of ether oxygens (including phenoxy) is 1. The molecule has 0 fully saturated rings. The Morgan fingerprint density at radius 1 is 1.24 bits per heavy atom. The van der Waals surface area contributed by atoms with Crippen LogP contribution in [0, 0.1) is 21.4 Å². The van der Waals surface area contributed by atoms with E-state index in [9.17, 15) is 14.9 Å². The van der Waals surface area contributed by atoms with Crippen LogP contribution in [0.4, 0.5) is 17.1 Å². The second-order valence-corrected chi connectivity index (χ2v) is 4.77. The van der Waals surface area contributed by atoms with Crippen LogP contribution in [-0.2, 0) is 4.79 Å². The molecule has 2 aromatic rings. The Morgan fingerprint density at radius 3 is 2.52 bits per heavy atom. The zero-order chi connectivity index (χ0) is 18.2. The molecule has 2 N–H and O–H groups in total. The van der Waals surface area contributed by atoms with Gasteiger partial charge in [0.25, 0.3) is 11.6 Å². The van der Waals surface area contributed by atoms with Crippen LogP contribution in [0.3, 0.4) is 0 Å². The largest absolute Gasteiger partial charge is 0.497 e. The molecule has 8 nitrogen and oxygen atoms in total. The maximum atomic E-state index is 12.2. The molecule has 1 amide bonds. The number of methoxy groups -OCH3 is 1. The SMILES string of the molecule is COc1ccc(N/C=C(/C#N)C(=O)Nc2ccccc2[N+](=O)[O-])cc1. The molecular formula is C17H14N4O4. The number of amides is 1. The number of nitrogens with zero attached hydrogens (tertiary/aromatic N) is 2. The maximum absolute atomic E-state index is 12.2. The number of rotatable bonds is 6. The smallest absolute Gasteiger partial charge is 0.292 e. The van der Waals surface area contributed by atoms with Crippen molar-refractivity contribution in [1.82, 2.24) is 0 Å². The van der Waals surface area contributed by atoms with Gasteiger partial charge in [0.15, 0.2) is 0 Å². The average molecular weight is 338 g/mol. The fraction of sp³-hybridized carbons (Fsp3) is 0.0588. The molecule has 0 atom stereocenters. The zero-order valence-electron chi connectivity index (χ0n) is 13.2. The Bertz CT molecular complexity index is 854. The first-order chi connectivity index (χ1) is 12.0. The van der Waals surface area contributed by atoms with Crippen LogP contribution in [0.25, 0.3) is 0 Å². The molecule has 0 aliphatic rings.